The minimum atomic E-state index is -0.105. The van der Waals surface area contributed by atoms with Gasteiger partial charge in [-0.1, -0.05) is 13.8 Å². The second kappa shape index (κ2) is 6.95. The zero-order valence-electron chi connectivity index (χ0n) is 12.4. The summed E-state index contributed by atoms with van der Waals surface area (Å²) in [5.41, 5.74) is 0.938. The molecule has 0 amide bonds. The van der Waals surface area contributed by atoms with Gasteiger partial charge in [0, 0.05) is 12.2 Å². The third-order valence-corrected chi connectivity index (χ3v) is 3.64. The van der Waals surface area contributed by atoms with Gasteiger partial charge in [0.25, 0.3) is 0 Å². The number of rotatable bonds is 8. The molecule has 1 saturated heterocycles. The maximum atomic E-state index is 9.36. The number of hydrogen-bond donors (Lipinski definition) is 2. The lowest BCUT2D eigenvalue weighted by molar-refractivity contribution is -0.128. The summed E-state index contributed by atoms with van der Waals surface area (Å²) in [6.07, 6.45) is 1.07. The van der Waals surface area contributed by atoms with E-state index < -0.39 is 0 Å². The summed E-state index contributed by atoms with van der Waals surface area (Å²) < 4.78 is 10.9. The van der Waals surface area contributed by atoms with Crippen LogP contribution in [0.5, 0.6) is 5.75 Å². The molecule has 2 N–H and O–H groups in total. The van der Waals surface area contributed by atoms with Crippen molar-refractivity contribution in [2.45, 2.75) is 20.3 Å². The van der Waals surface area contributed by atoms with Crippen molar-refractivity contribution < 1.29 is 14.6 Å². The maximum Gasteiger partial charge on any atom is 0.119 e. The van der Waals surface area contributed by atoms with Crippen LogP contribution >= 0.6 is 0 Å². The molecule has 4 heteroatoms. The Hall–Kier alpha value is -1.26. The summed E-state index contributed by atoms with van der Waals surface area (Å²) in [5.74, 6) is 1.57. The second-order valence-corrected chi connectivity index (χ2v) is 6.06. The third kappa shape index (κ3) is 4.12. The van der Waals surface area contributed by atoms with Crippen molar-refractivity contribution in [1.82, 2.24) is 0 Å². The van der Waals surface area contributed by atoms with Crippen molar-refractivity contribution in [3.63, 3.8) is 0 Å². The number of nitrogens with one attached hydrogen (secondary N) is 1. The fourth-order valence-corrected chi connectivity index (χ4v) is 2.01. The smallest absolute Gasteiger partial charge is 0.119 e. The van der Waals surface area contributed by atoms with E-state index in [0.717, 1.165) is 31.0 Å². The summed E-state index contributed by atoms with van der Waals surface area (Å²) >= 11 is 0. The van der Waals surface area contributed by atoms with Gasteiger partial charge in [-0.2, -0.15) is 0 Å². The number of ether oxygens (including phenoxy) is 2. The highest BCUT2D eigenvalue weighted by Crippen LogP contribution is 2.27. The molecule has 0 aliphatic carbocycles. The molecule has 1 aromatic carbocycles. The van der Waals surface area contributed by atoms with Crippen molar-refractivity contribution in [3.05, 3.63) is 24.3 Å². The van der Waals surface area contributed by atoms with E-state index in [-0.39, 0.29) is 12.0 Å². The van der Waals surface area contributed by atoms with Crippen molar-refractivity contribution in [2.75, 3.05) is 38.3 Å². The van der Waals surface area contributed by atoms with Gasteiger partial charge in [-0.15, -0.1) is 0 Å². The molecule has 0 atom stereocenters. The average molecular weight is 279 g/mol. The first-order chi connectivity index (χ1) is 9.63. The van der Waals surface area contributed by atoms with Crippen LogP contribution in [0.4, 0.5) is 5.69 Å². The van der Waals surface area contributed by atoms with E-state index in [4.69, 9.17) is 9.47 Å². The fourth-order valence-electron chi connectivity index (χ4n) is 2.01. The van der Waals surface area contributed by atoms with Crippen molar-refractivity contribution in [1.29, 1.82) is 0 Å². The Morgan fingerprint density at radius 3 is 2.50 bits per heavy atom. The Morgan fingerprint density at radius 1 is 1.30 bits per heavy atom. The Balaban J connectivity index is 1.76. The zero-order valence-corrected chi connectivity index (χ0v) is 12.4. The first-order valence-corrected chi connectivity index (χ1v) is 7.29. The highest BCUT2D eigenvalue weighted by Gasteiger charge is 2.37. The molecule has 112 valence electrons. The average Bonchev–Trinajstić information content (AvgIpc) is 2.39. The monoisotopic (exact) mass is 279 g/mol. The van der Waals surface area contributed by atoms with Crippen LogP contribution < -0.4 is 10.1 Å². The van der Waals surface area contributed by atoms with Gasteiger partial charge < -0.3 is 19.9 Å². The first-order valence-electron chi connectivity index (χ1n) is 7.29. The Labute approximate surface area is 121 Å². The van der Waals surface area contributed by atoms with Crippen LogP contribution in [0.1, 0.15) is 20.3 Å². The van der Waals surface area contributed by atoms with Gasteiger partial charge in [0.1, 0.15) is 5.75 Å². The molecule has 0 unspecified atom stereocenters. The van der Waals surface area contributed by atoms with E-state index >= 15 is 0 Å². The summed E-state index contributed by atoms with van der Waals surface area (Å²) in [5, 5.41) is 12.7. The molecule has 1 heterocycles. The molecule has 0 aromatic heterocycles. The molecular formula is C16H25NO3. The van der Waals surface area contributed by atoms with E-state index in [1.54, 1.807) is 0 Å². The summed E-state index contributed by atoms with van der Waals surface area (Å²) in [7, 11) is 0. The molecule has 4 nitrogen and oxygen atoms in total. The molecule has 20 heavy (non-hydrogen) atoms. The summed E-state index contributed by atoms with van der Waals surface area (Å²) in [6, 6.07) is 7.97. The summed E-state index contributed by atoms with van der Waals surface area (Å²) in [4.78, 5) is 0. The molecule has 1 aliphatic heterocycles. The molecule has 2 rings (SSSR count). The fraction of sp³-hybridized carbons (Fsp3) is 0.625. The lowest BCUT2D eigenvalue weighted by Gasteiger charge is -2.40. The van der Waals surface area contributed by atoms with E-state index in [1.807, 2.05) is 24.3 Å². The molecule has 0 saturated carbocycles. The highest BCUT2D eigenvalue weighted by atomic mass is 16.5. The number of benzene rings is 1. The third-order valence-electron chi connectivity index (χ3n) is 3.64. The number of anilines is 1. The lowest BCUT2D eigenvalue weighted by Crippen LogP contribution is -2.50. The van der Waals surface area contributed by atoms with Crippen LogP contribution in [-0.2, 0) is 4.74 Å². The number of aliphatic hydroxyl groups is 1. The van der Waals surface area contributed by atoms with Crippen LogP contribution in [0, 0.1) is 11.3 Å². The van der Waals surface area contributed by atoms with Crippen molar-refractivity contribution >= 4 is 5.69 Å². The molecule has 0 bridgehead atoms. The lowest BCUT2D eigenvalue weighted by atomic mass is 9.87. The van der Waals surface area contributed by atoms with Gasteiger partial charge >= 0.3 is 0 Å². The Kier molecular flexibility index (Phi) is 5.26. The topological polar surface area (TPSA) is 50.7 Å². The quantitative estimate of drug-likeness (QED) is 0.768. The van der Waals surface area contributed by atoms with Crippen LogP contribution in [0.15, 0.2) is 24.3 Å². The zero-order chi connectivity index (χ0) is 14.4. The van der Waals surface area contributed by atoms with Gasteiger partial charge in [0.05, 0.1) is 31.8 Å². The van der Waals surface area contributed by atoms with E-state index in [1.165, 1.54) is 0 Å². The van der Waals surface area contributed by atoms with E-state index in [0.29, 0.717) is 19.1 Å². The normalized spacial score (nSPS) is 16.8. The largest absolute Gasteiger partial charge is 0.494 e. The number of aliphatic hydroxyl groups excluding tert-OH is 1. The highest BCUT2D eigenvalue weighted by molar-refractivity contribution is 5.46. The van der Waals surface area contributed by atoms with Gasteiger partial charge in [0.15, 0.2) is 0 Å². The Morgan fingerprint density at radius 2 is 2.00 bits per heavy atom. The molecule has 0 radical (unpaired) electrons. The maximum absolute atomic E-state index is 9.36. The van der Waals surface area contributed by atoms with Crippen molar-refractivity contribution in [2.24, 2.45) is 11.3 Å². The standard InChI is InChI=1S/C16H25NO3/c1-13(2)7-8-20-15-5-3-14(4-6-15)17-9-16(10-18)11-19-12-16/h3-6,13,17-18H,7-12H2,1-2H3. The minimum absolute atomic E-state index is 0.105. The molecular weight excluding hydrogens is 254 g/mol. The van der Waals surface area contributed by atoms with Crippen LogP contribution in [0.25, 0.3) is 0 Å². The van der Waals surface area contributed by atoms with Gasteiger partial charge in [0.2, 0.25) is 0 Å². The predicted molar refractivity (Wildman–Crippen MR) is 80.2 cm³/mol. The van der Waals surface area contributed by atoms with Gasteiger partial charge in [-0.25, -0.2) is 0 Å². The SMILES string of the molecule is CC(C)CCOc1ccc(NCC2(CO)COC2)cc1. The van der Waals surface area contributed by atoms with Crippen molar-refractivity contribution in [3.8, 4) is 5.75 Å². The Bertz CT molecular complexity index is 393. The second-order valence-electron chi connectivity index (χ2n) is 6.06. The first kappa shape index (κ1) is 15.1. The summed E-state index contributed by atoms with van der Waals surface area (Å²) in [6.45, 7) is 7.30. The van der Waals surface area contributed by atoms with Crippen LogP contribution in [0.2, 0.25) is 0 Å². The number of hydrogen-bond acceptors (Lipinski definition) is 4. The van der Waals surface area contributed by atoms with Crippen LogP contribution in [-0.4, -0.2) is 38.1 Å². The minimum Gasteiger partial charge on any atom is -0.494 e. The molecule has 1 aromatic rings. The molecule has 1 fully saturated rings. The van der Waals surface area contributed by atoms with Crippen LogP contribution in [0.3, 0.4) is 0 Å². The van der Waals surface area contributed by atoms with E-state index in [9.17, 15) is 5.11 Å². The predicted octanol–water partition coefficient (Wildman–Crippen LogP) is 2.53. The van der Waals surface area contributed by atoms with E-state index in [2.05, 4.69) is 19.2 Å². The van der Waals surface area contributed by atoms with Gasteiger partial charge in [-0.05, 0) is 36.6 Å². The molecule has 1 aliphatic rings. The van der Waals surface area contributed by atoms with Gasteiger partial charge in [-0.3, -0.25) is 0 Å². The molecule has 0 spiro atoms.